The molecule has 23 heavy (non-hydrogen) atoms. The molecule has 6 heteroatoms. The average molecular weight is 353 g/mol. The Bertz CT molecular complexity index is 660. The molecule has 0 aliphatic rings. The maximum atomic E-state index is 11.8. The number of amides is 2. The lowest BCUT2D eigenvalue weighted by Crippen LogP contribution is -2.32. The van der Waals surface area contributed by atoms with Crippen LogP contribution in [0.1, 0.15) is 18.9 Å². The number of carbonyl (C=O) groups excluding carboxylic acids is 1. The summed E-state index contributed by atoms with van der Waals surface area (Å²) in [4.78, 5) is 11.8. The van der Waals surface area contributed by atoms with Crippen LogP contribution in [-0.2, 0) is 6.42 Å². The molecule has 4 nitrogen and oxygen atoms in total. The molecular formula is C17H18Cl2N2O2. The van der Waals surface area contributed by atoms with E-state index in [4.69, 9.17) is 27.9 Å². The van der Waals surface area contributed by atoms with Crippen LogP contribution >= 0.6 is 23.2 Å². The van der Waals surface area contributed by atoms with Gasteiger partial charge in [-0.1, -0.05) is 48.7 Å². The van der Waals surface area contributed by atoms with Crippen molar-refractivity contribution in [1.82, 2.24) is 5.32 Å². The second kappa shape index (κ2) is 8.65. The predicted molar refractivity (Wildman–Crippen MR) is 94.5 cm³/mol. The molecule has 0 radical (unpaired) electrons. The maximum Gasteiger partial charge on any atom is 0.321 e. The van der Waals surface area contributed by atoms with E-state index in [1.807, 2.05) is 24.3 Å². The van der Waals surface area contributed by atoms with Crippen LogP contribution in [0, 0.1) is 0 Å². The highest BCUT2D eigenvalue weighted by molar-refractivity contribution is 6.35. The van der Waals surface area contributed by atoms with Crippen molar-refractivity contribution >= 4 is 34.9 Å². The highest BCUT2D eigenvalue weighted by Gasteiger charge is 2.06. The third-order valence-corrected chi connectivity index (χ3v) is 3.67. The molecule has 0 saturated carbocycles. The SMILES string of the molecule is CCCc1ccc(OCNC(=O)Nc2cc(Cl)ccc2Cl)cc1. The largest absolute Gasteiger partial charge is 0.473 e. The Morgan fingerprint density at radius 2 is 1.87 bits per heavy atom. The van der Waals surface area contributed by atoms with Crippen LogP contribution in [0.15, 0.2) is 42.5 Å². The van der Waals surface area contributed by atoms with E-state index >= 15 is 0 Å². The summed E-state index contributed by atoms with van der Waals surface area (Å²) >= 11 is 11.8. The molecule has 0 heterocycles. The van der Waals surface area contributed by atoms with Gasteiger partial charge in [0.1, 0.15) is 5.75 Å². The smallest absolute Gasteiger partial charge is 0.321 e. The van der Waals surface area contributed by atoms with Crippen molar-refractivity contribution in [2.24, 2.45) is 0 Å². The summed E-state index contributed by atoms with van der Waals surface area (Å²) in [6, 6.07) is 12.2. The minimum Gasteiger partial charge on any atom is -0.473 e. The summed E-state index contributed by atoms with van der Waals surface area (Å²) < 4.78 is 5.47. The van der Waals surface area contributed by atoms with Gasteiger partial charge in [-0.3, -0.25) is 0 Å². The quantitative estimate of drug-likeness (QED) is 0.710. The molecule has 0 saturated heterocycles. The molecule has 0 aromatic heterocycles. The number of carbonyl (C=O) groups is 1. The lowest BCUT2D eigenvalue weighted by Gasteiger charge is -2.11. The zero-order valence-corrected chi connectivity index (χ0v) is 14.2. The van der Waals surface area contributed by atoms with Gasteiger partial charge in [-0.15, -0.1) is 0 Å². The Kier molecular flexibility index (Phi) is 6.56. The van der Waals surface area contributed by atoms with Crippen LogP contribution in [0.25, 0.3) is 0 Å². The minimum absolute atomic E-state index is 0.0527. The number of hydrogen-bond donors (Lipinski definition) is 2. The summed E-state index contributed by atoms with van der Waals surface area (Å²) in [5, 5.41) is 6.12. The van der Waals surface area contributed by atoms with Gasteiger partial charge in [0.05, 0.1) is 10.7 Å². The van der Waals surface area contributed by atoms with Crippen LogP contribution < -0.4 is 15.4 Å². The van der Waals surface area contributed by atoms with E-state index in [0.29, 0.717) is 21.5 Å². The van der Waals surface area contributed by atoms with Gasteiger partial charge in [0.15, 0.2) is 6.73 Å². The van der Waals surface area contributed by atoms with Crippen molar-refractivity contribution in [2.45, 2.75) is 19.8 Å². The fraction of sp³-hybridized carbons (Fsp3) is 0.235. The van der Waals surface area contributed by atoms with Gasteiger partial charge in [-0.25, -0.2) is 4.79 Å². The summed E-state index contributed by atoms with van der Waals surface area (Å²) in [6.07, 6.45) is 2.15. The third kappa shape index (κ3) is 5.66. The normalized spacial score (nSPS) is 10.2. The lowest BCUT2D eigenvalue weighted by molar-refractivity contribution is 0.234. The van der Waals surface area contributed by atoms with E-state index in [1.165, 1.54) is 5.56 Å². The zero-order chi connectivity index (χ0) is 16.7. The molecule has 122 valence electrons. The van der Waals surface area contributed by atoms with Gasteiger partial charge in [-0.05, 0) is 42.3 Å². The van der Waals surface area contributed by atoms with E-state index in [9.17, 15) is 4.79 Å². The van der Waals surface area contributed by atoms with Crippen molar-refractivity contribution in [3.63, 3.8) is 0 Å². The first-order valence-electron chi connectivity index (χ1n) is 7.30. The van der Waals surface area contributed by atoms with E-state index in [1.54, 1.807) is 18.2 Å². The standard InChI is InChI=1S/C17H18Cl2N2O2/c1-2-3-12-4-7-14(8-5-12)23-11-20-17(22)21-16-10-13(18)6-9-15(16)19/h4-10H,2-3,11H2,1H3,(H2,20,21,22). The monoisotopic (exact) mass is 352 g/mol. The predicted octanol–water partition coefficient (Wildman–Crippen LogP) is 5.10. The molecule has 0 bridgehead atoms. The fourth-order valence-electron chi connectivity index (χ4n) is 1.99. The highest BCUT2D eigenvalue weighted by Crippen LogP contribution is 2.25. The lowest BCUT2D eigenvalue weighted by atomic mass is 10.1. The molecule has 2 aromatic carbocycles. The average Bonchev–Trinajstić information content (AvgIpc) is 2.53. The summed E-state index contributed by atoms with van der Waals surface area (Å²) in [6.45, 7) is 2.19. The molecule has 0 atom stereocenters. The Morgan fingerprint density at radius 1 is 1.13 bits per heavy atom. The molecule has 2 N–H and O–H groups in total. The Morgan fingerprint density at radius 3 is 2.57 bits per heavy atom. The van der Waals surface area contributed by atoms with Crippen molar-refractivity contribution < 1.29 is 9.53 Å². The number of ether oxygens (including phenoxy) is 1. The van der Waals surface area contributed by atoms with Crippen molar-refractivity contribution in [3.8, 4) is 5.75 Å². The van der Waals surface area contributed by atoms with Crippen molar-refractivity contribution in [2.75, 3.05) is 12.0 Å². The molecule has 0 unspecified atom stereocenters. The number of rotatable bonds is 6. The first kappa shape index (κ1) is 17.4. The van der Waals surface area contributed by atoms with E-state index in [-0.39, 0.29) is 6.73 Å². The van der Waals surface area contributed by atoms with E-state index < -0.39 is 6.03 Å². The molecule has 2 amide bonds. The topological polar surface area (TPSA) is 50.4 Å². The number of anilines is 1. The molecular weight excluding hydrogens is 335 g/mol. The van der Waals surface area contributed by atoms with Gasteiger partial charge in [0, 0.05) is 5.02 Å². The Hall–Kier alpha value is -1.91. The van der Waals surface area contributed by atoms with E-state index in [2.05, 4.69) is 17.6 Å². The van der Waals surface area contributed by atoms with Crippen LogP contribution in [0.2, 0.25) is 10.0 Å². The van der Waals surface area contributed by atoms with Gasteiger partial charge in [0.2, 0.25) is 0 Å². The molecule has 0 fully saturated rings. The molecule has 0 aliphatic heterocycles. The zero-order valence-electron chi connectivity index (χ0n) is 12.7. The van der Waals surface area contributed by atoms with Crippen LogP contribution in [0.4, 0.5) is 10.5 Å². The number of aryl methyl sites for hydroxylation is 1. The number of hydrogen-bond acceptors (Lipinski definition) is 2. The first-order valence-corrected chi connectivity index (χ1v) is 8.05. The number of benzene rings is 2. The van der Waals surface area contributed by atoms with Gasteiger partial charge in [0.25, 0.3) is 0 Å². The second-order valence-electron chi connectivity index (χ2n) is 4.94. The minimum atomic E-state index is -0.420. The van der Waals surface area contributed by atoms with Gasteiger partial charge < -0.3 is 15.4 Å². The fourth-order valence-corrected chi connectivity index (χ4v) is 2.32. The number of nitrogens with one attached hydrogen (secondary N) is 2. The van der Waals surface area contributed by atoms with E-state index in [0.717, 1.165) is 12.8 Å². The van der Waals surface area contributed by atoms with Crippen molar-refractivity contribution in [1.29, 1.82) is 0 Å². The van der Waals surface area contributed by atoms with Gasteiger partial charge >= 0.3 is 6.03 Å². The van der Waals surface area contributed by atoms with Gasteiger partial charge in [-0.2, -0.15) is 0 Å². The summed E-state index contributed by atoms with van der Waals surface area (Å²) in [7, 11) is 0. The third-order valence-electron chi connectivity index (χ3n) is 3.11. The maximum absolute atomic E-state index is 11.8. The molecule has 0 spiro atoms. The highest BCUT2D eigenvalue weighted by atomic mass is 35.5. The molecule has 2 aromatic rings. The van der Waals surface area contributed by atoms with Crippen LogP contribution in [-0.4, -0.2) is 12.8 Å². The number of urea groups is 1. The first-order chi connectivity index (χ1) is 11.1. The van der Waals surface area contributed by atoms with Crippen LogP contribution in [0.3, 0.4) is 0 Å². The van der Waals surface area contributed by atoms with Crippen LogP contribution in [0.5, 0.6) is 5.75 Å². The molecule has 0 aliphatic carbocycles. The molecule has 2 rings (SSSR count). The number of halogens is 2. The Labute approximate surface area is 145 Å². The summed E-state index contributed by atoms with van der Waals surface area (Å²) in [5.74, 6) is 0.700. The summed E-state index contributed by atoms with van der Waals surface area (Å²) in [5.41, 5.74) is 1.71. The van der Waals surface area contributed by atoms with Crippen molar-refractivity contribution in [3.05, 3.63) is 58.1 Å². The Balaban J connectivity index is 1.79. The second-order valence-corrected chi connectivity index (χ2v) is 5.78.